The highest BCUT2D eigenvalue weighted by molar-refractivity contribution is 6.30. The van der Waals surface area contributed by atoms with Gasteiger partial charge in [-0.25, -0.2) is 0 Å². The zero-order valence-electron chi connectivity index (χ0n) is 14.4. The van der Waals surface area contributed by atoms with E-state index in [4.69, 9.17) is 11.6 Å². The van der Waals surface area contributed by atoms with Crippen LogP contribution < -0.4 is 5.32 Å². The van der Waals surface area contributed by atoms with Crippen molar-refractivity contribution in [3.63, 3.8) is 0 Å². The van der Waals surface area contributed by atoms with E-state index >= 15 is 0 Å². The number of carbonyl (C=O) groups excluding carboxylic acids is 1. The summed E-state index contributed by atoms with van der Waals surface area (Å²) < 4.78 is 0. The molecule has 0 spiro atoms. The first kappa shape index (κ1) is 19.6. The third-order valence-corrected chi connectivity index (χ3v) is 5.83. The zero-order chi connectivity index (χ0) is 16.3. The van der Waals surface area contributed by atoms with E-state index in [1.165, 1.54) is 6.42 Å². The molecule has 3 rings (SSSR count). The van der Waals surface area contributed by atoms with Crippen LogP contribution in [0.1, 0.15) is 44.1 Å². The highest BCUT2D eigenvalue weighted by Gasteiger charge is 2.44. The number of hydrogen-bond donors (Lipinski definition) is 1. The average Bonchev–Trinajstić information content (AvgIpc) is 3.04. The number of benzene rings is 1. The molecular formula is C19H28Cl2N2O. The van der Waals surface area contributed by atoms with Crippen LogP contribution in [0.3, 0.4) is 0 Å². The van der Waals surface area contributed by atoms with Crippen LogP contribution in [-0.2, 0) is 10.2 Å². The number of carbonyl (C=O) groups is 1. The Morgan fingerprint density at radius 1 is 1.25 bits per heavy atom. The van der Waals surface area contributed by atoms with E-state index in [-0.39, 0.29) is 17.8 Å². The summed E-state index contributed by atoms with van der Waals surface area (Å²) in [5.41, 5.74) is 0.834. The summed E-state index contributed by atoms with van der Waals surface area (Å²) in [6.45, 7) is 2.80. The Bertz CT molecular complexity index is 541. The number of amides is 1. The smallest absolute Gasteiger partial charge is 0.233 e. The van der Waals surface area contributed by atoms with Crippen LogP contribution in [0.25, 0.3) is 0 Å². The lowest BCUT2D eigenvalue weighted by Gasteiger charge is -2.39. The molecule has 1 saturated carbocycles. The van der Waals surface area contributed by atoms with Crippen molar-refractivity contribution in [2.45, 2.75) is 43.9 Å². The van der Waals surface area contributed by atoms with Gasteiger partial charge in [0.25, 0.3) is 0 Å². The SMILES string of the molecule is CNCC1CCN(C(=O)C2(c3ccc(Cl)cc3)CCCCC2)C1.Cl. The quantitative estimate of drug-likeness (QED) is 0.867. The third-order valence-electron chi connectivity index (χ3n) is 5.58. The number of likely N-dealkylation sites (tertiary alicyclic amines) is 1. The number of rotatable bonds is 4. The van der Waals surface area contributed by atoms with Crippen LogP contribution in [0.2, 0.25) is 5.02 Å². The molecule has 0 bridgehead atoms. The number of halogens is 2. The highest BCUT2D eigenvalue weighted by atomic mass is 35.5. The molecule has 1 aromatic carbocycles. The van der Waals surface area contributed by atoms with Gasteiger partial charge in [0.05, 0.1) is 5.41 Å². The molecule has 1 heterocycles. The molecule has 0 radical (unpaired) electrons. The molecule has 1 N–H and O–H groups in total. The molecule has 1 amide bonds. The van der Waals surface area contributed by atoms with Gasteiger partial charge in [-0.3, -0.25) is 4.79 Å². The Morgan fingerprint density at radius 2 is 1.92 bits per heavy atom. The third kappa shape index (κ3) is 3.89. The van der Waals surface area contributed by atoms with Gasteiger partial charge in [0.15, 0.2) is 0 Å². The summed E-state index contributed by atoms with van der Waals surface area (Å²) in [6.07, 6.45) is 6.58. The lowest BCUT2D eigenvalue weighted by atomic mass is 9.68. The fourth-order valence-corrected chi connectivity index (χ4v) is 4.45. The maximum atomic E-state index is 13.4. The van der Waals surface area contributed by atoms with E-state index in [1.807, 2.05) is 19.2 Å². The Kier molecular flexibility index (Phi) is 6.97. The maximum absolute atomic E-state index is 13.4. The van der Waals surface area contributed by atoms with Crippen LogP contribution in [0.4, 0.5) is 0 Å². The number of hydrogen-bond acceptors (Lipinski definition) is 2. The molecule has 1 saturated heterocycles. The minimum atomic E-state index is -0.322. The van der Waals surface area contributed by atoms with Gasteiger partial charge in [-0.1, -0.05) is 43.0 Å². The van der Waals surface area contributed by atoms with Gasteiger partial charge in [-0.2, -0.15) is 0 Å². The van der Waals surface area contributed by atoms with Crippen molar-refractivity contribution in [2.75, 3.05) is 26.7 Å². The molecule has 1 unspecified atom stereocenters. The van der Waals surface area contributed by atoms with Crippen LogP contribution in [0.15, 0.2) is 24.3 Å². The summed E-state index contributed by atoms with van der Waals surface area (Å²) in [5.74, 6) is 0.938. The number of nitrogens with one attached hydrogen (secondary N) is 1. The molecule has 5 heteroatoms. The molecule has 134 valence electrons. The Labute approximate surface area is 156 Å². The summed E-state index contributed by atoms with van der Waals surface area (Å²) in [5, 5.41) is 3.98. The molecule has 3 nitrogen and oxygen atoms in total. The van der Waals surface area contributed by atoms with Crippen LogP contribution in [-0.4, -0.2) is 37.5 Å². The van der Waals surface area contributed by atoms with Gasteiger partial charge in [-0.15, -0.1) is 12.4 Å². The Morgan fingerprint density at radius 3 is 2.54 bits per heavy atom. The van der Waals surface area contributed by atoms with Gasteiger partial charge < -0.3 is 10.2 Å². The van der Waals surface area contributed by atoms with E-state index in [2.05, 4.69) is 22.3 Å². The van der Waals surface area contributed by atoms with Crippen LogP contribution in [0, 0.1) is 5.92 Å². The number of nitrogens with zero attached hydrogens (tertiary/aromatic N) is 1. The van der Waals surface area contributed by atoms with E-state index in [0.29, 0.717) is 11.8 Å². The van der Waals surface area contributed by atoms with E-state index in [1.54, 1.807) is 0 Å². The Balaban J connectivity index is 0.00000208. The standard InChI is InChI=1S/C19H27ClN2O.ClH/c1-21-13-15-9-12-22(14-15)18(23)19(10-3-2-4-11-19)16-5-7-17(20)8-6-16;/h5-8,15,21H,2-4,9-14H2,1H3;1H. The monoisotopic (exact) mass is 370 g/mol. The second-order valence-electron chi connectivity index (χ2n) is 7.11. The lowest BCUT2D eigenvalue weighted by Crippen LogP contribution is -2.47. The summed E-state index contributed by atoms with van der Waals surface area (Å²) in [6, 6.07) is 7.97. The van der Waals surface area contributed by atoms with Gasteiger partial charge >= 0.3 is 0 Å². The first-order valence-corrected chi connectivity index (χ1v) is 9.23. The normalized spacial score (nSPS) is 22.9. The molecule has 2 fully saturated rings. The van der Waals surface area contributed by atoms with E-state index in [0.717, 1.165) is 62.3 Å². The molecule has 24 heavy (non-hydrogen) atoms. The molecule has 1 aliphatic carbocycles. The van der Waals surface area contributed by atoms with Gasteiger partial charge in [0, 0.05) is 18.1 Å². The van der Waals surface area contributed by atoms with Gasteiger partial charge in [-0.05, 0) is 56.5 Å². The van der Waals surface area contributed by atoms with Crippen molar-refractivity contribution >= 4 is 29.9 Å². The van der Waals surface area contributed by atoms with Gasteiger partial charge in [0.1, 0.15) is 0 Å². The second kappa shape index (κ2) is 8.55. The van der Waals surface area contributed by atoms with E-state index < -0.39 is 0 Å². The minimum Gasteiger partial charge on any atom is -0.342 e. The first-order valence-electron chi connectivity index (χ1n) is 8.86. The summed E-state index contributed by atoms with van der Waals surface area (Å²) in [7, 11) is 1.99. The summed E-state index contributed by atoms with van der Waals surface area (Å²) in [4.78, 5) is 15.5. The van der Waals surface area contributed by atoms with Crippen molar-refractivity contribution < 1.29 is 4.79 Å². The predicted molar refractivity (Wildman–Crippen MR) is 102 cm³/mol. The molecular weight excluding hydrogens is 343 g/mol. The largest absolute Gasteiger partial charge is 0.342 e. The van der Waals surface area contributed by atoms with Crippen molar-refractivity contribution in [2.24, 2.45) is 5.92 Å². The fourth-order valence-electron chi connectivity index (χ4n) is 4.33. The maximum Gasteiger partial charge on any atom is 0.233 e. The minimum absolute atomic E-state index is 0. The average molecular weight is 371 g/mol. The van der Waals surface area contributed by atoms with Crippen molar-refractivity contribution in [3.05, 3.63) is 34.9 Å². The fraction of sp³-hybridized carbons (Fsp3) is 0.632. The molecule has 2 aliphatic rings. The predicted octanol–water partition coefficient (Wildman–Crippen LogP) is 4.03. The van der Waals surface area contributed by atoms with Crippen LogP contribution in [0.5, 0.6) is 0 Å². The van der Waals surface area contributed by atoms with Crippen molar-refractivity contribution in [1.29, 1.82) is 0 Å². The Hall–Kier alpha value is -0.770. The van der Waals surface area contributed by atoms with Crippen LogP contribution >= 0.6 is 24.0 Å². The second-order valence-corrected chi connectivity index (χ2v) is 7.55. The van der Waals surface area contributed by atoms with Crippen molar-refractivity contribution in [3.8, 4) is 0 Å². The van der Waals surface area contributed by atoms with Crippen molar-refractivity contribution in [1.82, 2.24) is 10.2 Å². The zero-order valence-corrected chi connectivity index (χ0v) is 16.0. The lowest BCUT2D eigenvalue weighted by molar-refractivity contribution is -0.138. The highest BCUT2D eigenvalue weighted by Crippen LogP contribution is 2.42. The molecule has 1 atom stereocenters. The molecule has 1 aliphatic heterocycles. The molecule has 1 aromatic rings. The summed E-state index contributed by atoms with van der Waals surface area (Å²) >= 11 is 6.05. The topological polar surface area (TPSA) is 32.3 Å². The van der Waals surface area contributed by atoms with E-state index in [9.17, 15) is 4.79 Å². The van der Waals surface area contributed by atoms with Gasteiger partial charge in [0.2, 0.25) is 5.91 Å². The molecule has 0 aromatic heterocycles. The first-order chi connectivity index (χ1) is 11.2.